The van der Waals surface area contributed by atoms with Gasteiger partial charge < -0.3 is 20.4 Å². The van der Waals surface area contributed by atoms with Gasteiger partial charge in [0, 0.05) is 23.6 Å². The average molecular weight is 429 g/mol. The Morgan fingerprint density at radius 1 is 1.32 bits per heavy atom. The third-order valence-electron chi connectivity index (χ3n) is 5.17. The van der Waals surface area contributed by atoms with Crippen molar-refractivity contribution in [3.8, 4) is 0 Å². The van der Waals surface area contributed by atoms with E-state index in [-0.39, 0.29) is 18.3 Å². The van der Waals surface area contributed by atoms with Gasteiger partial charge in [0.15, 0.2) is 0 Å². The molecule has 1 aromatic rings. The van der Waals surface area contributed by atoms with Crippen molar-refractivity contribution in [2.45, 2.75) is 63.3 Å². The zero-order valence-corrected chi connectivity index (χ0v) is 17.4. The monoisotopic (exact) mass is 428 g/mol. The van der Waals surface area contributed by atoms with E-state index in [4.69, 9.17) is 16.7 Å². The molecule has 5 nitrogen and oxygen atoms in total. The molecule has 1 saturated carbocycles. The van der Waals surface area contributed by atoms with Gasteiger partial charge in [0.1, 0.15) is 0 Å². The van der Waals surface area contributed by atoms with Crippen molar-refractivity contribution in [2.24, 2.45) is 11.8 Å². The van der Waals surface area contributed by atoms with Gasteiger partial charge in [-0.1, -0.05) is 35.9 Å². The molecule has 0 aliphatic heterocycles. The summed E-state index contributed by atoms with van der Waals surface area (Å²) in [5, 5.41) is 42.0. The lowest BCUT2D eigenvalue weighted by Crippen LogP contribution is -2.20. The van der Waals surface area contributed by atoms with Crippen LogP contribution < -0.4 is 0 Å². The molecular weight excluding hydrogens is 400 g/mol. The Balaban J connectivity index is 1.82. The molecular formula is C21H29ClO5S. The molecule has 5 atom stereocenters. The average Bonchev–Trinajstić information content (AvgIpc) is 3.16. The van der Waals surface area contributed by atoms with Gasteiger partial charge in [0.2, 0.25) is 0 Å². The fourth-order valence-corrected chi connectivity index (χ4v) is 4.73. The van der Waals surface area contributed by atoms with E-state index in [9.17, 15) is 20.1 Å². The van der Waals surface area contributed by atoms with Crippen molar-refractivity contribution in [2.75, 3.05) is 0 Å². The second-order valence-corrected chi connectivity index (χ2v) is 8.70. The molecule has 1 aliphatic carbocycles. The van der Waals surface area contributed by atoms with Crippen LogP contribution in [0.5, 0.6) is 0 Å². The van der Waals surface area contributed by atoms with Crippen LogP contribution in [-0.2, 0) is 11.2 Å². The number of aryl methyl sites for hydroxylation is 1. The molecule has 156 valence electrons. The summed E-state index contributed by atoms with van der Waals surface area (Å²) in [5.74, 6) is -1.12. The highest BCUT2D eigenvalue weighted by molar-refractivity contribution is 7.10. The van der Waals surface area contributed by atoms with Gasteiger partial charge in [-0.25, -0.2) is 0 Å². The minimum Gasteiger partial charge on any atom is -0.481 e. The predicted molar refractivity (Wildman–Crippen MR) is 112 cm³/mol. The number of carboxylic acid groups (broad SMARTS) is 1. The summed E-state index contributed by atoms with van der Waals surface area (Å²) in [6.45, 7) is 0. The molecule has 28 heavy (non-hydrogen) atoms. The standard InChI is InChI=1S/C21H29ClO5S/c22-17-11-12-28-20(17)10-8-14(23)7-9-16-15(18(24)13-19(16)25)5-3-1-2-4-6-21(26)27/h1,3,7,9,11-12,14-16,18-19,23-25H,2,4-6,8,10,13H2,(H,26,27)/b3-1-,9-7+/t14?,15-,16-,18?,19?/m1/s1. The fourth-order valence-electron chi connectivity index (χ4n) is 3.58. The maximum atomic E-state index is 10.5. The van der Waals surface area contributed by atoms with Crippen LogP contribution in [0.2, 0.25) is 5.02 Å². The molecule has 0 amide bonds. The molecule has 0 spiro atoms. The van der Waals surface area contributed by atoms with Crippen LogP contribution in [0.15, 0.2) is 35.8 Å². The lowest BCUT2D eigenvalue weighted by Gasteiger charge is -2.19. The van der Waals surface area contributed by atoms with Gasteiger partial charge in [0.25, 0.3) is 0 Å². The Bertz CT molecular complexity index is 672. The molecule has 1 aromatic heterocycles. The molecule has 1 fully saturated rings. The number of allylic oxidation sites excluding steroid dienone is 2. The summed E-state index contributed by atoms with van der Waals surface area (Å²) in [6.07, 6.45) is 9.17. The van der Waals surface area contributed by atoms with Crippen molar-refractivity contribution >= 4 is 28.9 Å². The summed E-state index contributed by atoms with van der Waals surface area (Å²) in [4.78, 5) is 11.6. The van der Waals surface area contributed by atoms with Crippen LogP contribution >= 0.6 is 22.9 Å². The Hall–Kier alpha value is -1.18. The van der Waals surface area contributed by atoms with Crippen molar-refractivity contribution in [3.05, 3.63) is 45.7 Å². The van der Waals surface area contributed by atoms with E-state index in [2.05, 4.69) is 0 Å². The Morgan fingerprint density at radius 2 is 2.11 bits per heavy atom. The second-order valence-electron chi connectivity index (χ2n) is 7.29. The largest absolute Gasteiger partial charge is 0.481 e. The molecule has 4 N–H and O–H groups in total. The van der Waals surface area contributed by atoms with E-state index in [1.165, 1.54) is 0 Å². The molecule has 7 heteroatoms. The van der Waals surface area contributed by atoms with Crippen LogP contribution in [0.3, 0.4) is 0 Å². The third kappa shape index (κ3) is 7.33. The quantitative estimate of drug-likeness (QED) is 0.317. The number of aliphatic hydroxyl groups is 3. The van der Waals surface area contributed by atoms with Gasteiger partial charge in [-0.2, -0.15) is 0 Å². The van der Waals surface area contributed by atoms with Crippen molar-refractivity contribution in [1.82, 2.24) is 0 Å². The maximum absolute atomic E-state index is 10.5. The first-order valence-corrected chi connectivity index (χ1v) is 11.0. The van der Waals surface area contributed by atoms with Gasteiger partial charge in [-0.3, -0.25) is 4.79 Å². The van der Waals surface area contributed by atoms with E-state index in [0.717, 1.165) is 9.90 Å². The smallest absolute Gasteiger partial charge is 0.303 e. The first-order chi connectivity index (χ1) is 13.4. The Labute approximate surface area is 175 Å². The van der Waals surface area contributed by atoms with Gasteiger partial charge in [-0.15, -0.1) is 11.3 Å². The van der Waals surface area contributed by atoms with Crippen LogP contribution in [0, 0.1) is 11.8 Å². The number of rotatable bonds is 11. The van der Waals surface area contributed by atoms with Crippen LogP contribution in [0.4, 0.5) is 0 Å². The minimum atomic E-state index is -0.798. The molecule has 0 radical (unpaired) electrons. The molecule has 1 aliphatic rings. The van der Waals surface area contributed by atoms with Crippen molar-refractivity contribution < 1.29 is 25.2 Å². The number of halogens is 1. The van der Waals surface area contributed by atoms with E-state index in [0.29, 0.717) is 38.5 Å². The summed E-state index contributed by atoms with van der Waals surface area (Å²) in [5.41, 5.74) is 0. The molecule has 2 rings (SSSR count). The fraction of sp³-hybridized carbons (Fsp3) is 0.571. The normalized spacial score (nSPS) is 26.4. The number of thiophene rings is 1. The van der Waals surface area contributed by atoms with Gasteiger partial charge >= 0.3 is 5.97 Å². The van der Waals surface area contributed by atoms with Crippen molar-refractivity contribution in [1.29, 1.82) is 0 Å². The summed E-state index contributed by atoms with van der Waals surface area (Å²) in [7, 11) is 0. The van der Waals surface area contributed by atoms with E-state index < -0.39 is 24.3 Å². The predicted octanol–water partition coefficient (Wildman–Crippen LogP) is 3.81. The van der Waals surface area contributed by atoms with Crippen LogP contribution in [0.25, 0.3) is 0 Å². The maximum Gasteiger partial charge on any atom is 0.303 e. The summed E-state index contributed by atoms with van der Waals surface area (Å²) in [6, 6.07) is 1.85. The molecule has 0 bridgehead atoms. The number of unbranched alkanes of at least 4 members (excludes halogenated alkanes) is 1. The lowest BCUT2D eigenvalue weighted by atomic mass is 9.89. The van der Waals surface area contributed by atoms with E-state index >= 15 is 0 Å². The summed E-state index contributed by atoms with van der Waals surface area (Å²) >= 11 is 7.64. The van der Waals surface area contributed by atoms with Gasteiger partial charge in [-0.05, 0) is 49.5 Å². The van der Waals surface area contributed by atoms with Crippen molar-refractivity contribution in [3.63, 3.8) is 0 Å². The first kappa shape index (κ1) is 23.1. The lowest BCUT2D eigenvalue weighted by molar-refractivity contribution is -0.137. The first-order valence-electron chi connectivity index (χ1n) is 9.69. The summed E-state index contributed by atoms with van der Waals surface area (Å²) < 4.78 is 0. The molecule has 1 heterocycles. The highest BCUT2D eigenvalue weighted by Gasteiger charge is 2.39. The van der Waals surface area contributed by atoms with E-state index in [1.807, 2.05) is 29.7 Å². The zero-order chi connectivity index (χ0) is 20.5. The zero-order valence-electron chi connectivity index (χ0n) is 15.8. The number of aliphatic hydroxyl groups excluding tert-OH is 3. The number of aliphatic carboxylic acids is 1. The topological polar surface area (TPSA) is 98.0 Å². The Morgan fingerprint density at radius 3 is 2.79 bits per heavy atom. The van der Waals surface area contributed by atoms with Crippen LogP contribution in [0.1, 0.15) is 43.4 Å². The minimum absolute atomic E-state index is 0.110. The number of carboxylic acids is 1. The number of hydrogen-bond donors (Lipinski definition) is 4. The molecule has 0 saturated heterocycles. The van der Waals surface area contributed by atoms with E-state index in [1.54, 1.807) is 17.4 Å². The van der Waals surface area contributed by atoms with Crippen LogP contribution in [-0.4, -0.2) is 44.7 Å². The van der Waals surface area contributed by atoms with Gasteiger partial charge in [0.05, 0.1) is 23.3 Å². The highest BCUT2D eigenvalue weighted by atomic mass is 35.5. The number of hydrogen-bond acceptors (Lipinski definition) is 5. The Kier molecular flexibility index (Phi) is 9.68. The molecule has 3 unspecified atom stereocenters. The number of carbonyl (C=O) groups is 1. The molecule has 0 aromatic carbocycles. The SMILES string of the molecule is O=C(O)CCC/C=C\C[C@H]1C(O)CC(O)[C@@H]1/C=C/C(O)CCc1sccc1Cl. The second kappa shape index (κ2) is 11.7. The highest BCUT2D eigenvalue weighted by Crippen LogP contribution is 2.36. The third-order valence-corrected chi connectivity index (χ3v) is 6.61.